The average molecular weight is 388 g/mol. The van der Waals surface area contributed by atoms with E-state index >= 15 is 0 Å². The number of carbonyl (C=O) groups excluding carboxylic acids is 2. The fraction of sp³-hybridized carbons (Fsp3) is 0.200. The molecule has 0 aromatic heterocycles. The molecule has 28 heavy (non-hydrogen) atoms. The molecule has 0 aliphatic rings. The third-order valence-electron chi connectivity index (χ3n) is 3.80. The van der Waals surface area contributed by atoms with Crippen molar-refractivity contribution in [1.82, 2.24) is 0 Å². The molecule has 0 saturated heterocycles. The van der Waals surface area contributed by atoms with Crippen LogP contribution in [0.4, 0.5) is 0 Å². The van der Waals surface area contributed by atoms with Gasteiger partial charge in [0.2, 0.25) is 6.10 Å². The largest absolute Gasteiger partial charge is 0.504 e. The Kier molecular flexibility index (Phi) is 6.86. The summed E-state index contributed by atoms with van der Waals surface area (Å²) in [6, 6.07) is 8.52. The molecule has 8 heteroatoms. The highest BCUT2D eigenvalue weighted by atomic mass is 16.6. The molecule has 2 aromatic carbocycles. The molecule has 0 aliphatic heterocycles. The van der Waals surface area contributed by atoms with Crippen molar-refractivity contribution in [3.8, 4) is 23.0 Å². The van der Waals surface area contributed by atoms with E-state index in [9.17, 15) is 24.9 Å². The van der Waals surface area contributed by atoms with Gasteiger partial charge in [-0.05, 0) is 41.5 Å². The Bertz CT molecular complexity index is 888. The Balaban J connectivity index is 2.09. The minimum atomic E-state index is -1.24. The lowest BCUT2D eigenvalue weighted by Crippen LogP contribution is -2.30. The normalized spacial score (nSPS) is 11.8. The van der Waals surface area contributed by atoms with E-state index in [0.717, 1.165) is 13.2 Å². The first-order chi connectivity index (χ1) is 13.3. The van der Waals surface area contributed by atoms with Crippen molar-refractivity contribution in [2.24, 2.45) is 0 Å². The zero-order valence-corrected chi connectivity index (χ0v) is 15.3. The summed E-state index contributed by atoms with van der Waals surface area (Å²) in [7, 11) is 2.56. The zero-order chi connectivity index (χ0) is 20.7. The number of benzene rings is 2. The molecule has 8 nitrogen and oxygen atoms in total. The van der Waals surface area contributed by atoms with Crippen LogP contribution in [0.15, 0.2) is 42.5 Å². The van der Waals surface area contributed by atoms with Crippen LogP contribution < -0.4 is 4.74 Å². The molecule has 0 heterocycles. The van der Waals surface area contributed by atoms with Gasteiger partial charge in [-0.3, -0.25) is 0 Å². The van der Waals surface area contributed by atoms with E-state index in [-0.39, 0.29) is 29.4 Å². The molecule has 0 bridgehead atoms. The van der Waals surface area contributed by atoms with E-state index in [1.54, 1.807) is 6.07 Å². The molecule has 2 aromatic rings. The van der Waals surface area contributed by atoms with E-state index in [2.05, 4.69) is 4.74 Å². The van der Waals surface area contributed by atoms with Crippen molar-refractivity contribution < 1.29 is 39.1 Å². The Morgan fingerprint density at radius 2 is 1.71 bits per heavy atom. The Hall–Kier alpha value is -3.68. The number of carbonyl (C=O) groups is 2. The second-order valence-corrected chi connectivity index (χ2v) is 5.74. The number of ether oxygens (including phenoxy) is 3. The molecule has 0 aliphatic carbocycles. The standard InChI is InChI=1S/C20H20O8/c1-26-17-10-12(3-7-15(17)22)5-8-19(24)28-18(20(25)27-2)11-13-4-6-14(21)16(23)9-13/h3-10,18,21-23H,11H2,1-2H3/b8-5+/t18-/m0/s1. The number of esters is 2. The number of phenolic OH excluding ortho intramolecular Hbond substituents is 3. The van der Waals surface area contributed by atoms with Gasteiger partial charge in [0.25, 0.3) is 0 Å². The van der Waals surface area contributed by atoms with Crippen LogP contribution in [0.3, 0.4) is 0 Å². The van der Waals surface area contributed by atoms with Gasteiger partial charge in [-0.2, -0.15) is 0 Å². The second kappa shape index (κ2) is 9.31. The number of hydrogen-bond donors (Lipinski definition) is 3. The Morgan fingerprint density at radius 1 is 1.00 bits per heavy atom. The predicted octanol–water partition coefficient (Wildman–Crippen LogP) is 2.15. The molecule has 148 valence electrons. The maximum atomic E-state index is 12.1. The van der Waals surface area contributed by atoms with Crippen molar-refractivity contribution in [3.05, 3.63) is 53.6 Å². The van der Waals surface area contributed by atoms with Gasteiger partial charge in [0.05, 0.1) is 14.2 Å². The van der Waals surface area contributed by atoms with Crippen molar-refractivity contribution in [2.75, 3.05) is 14.2 Å². The Labute approximate surface area is 161 Å². The summed E-state index contributed by atoms with van der Waals surface area (Å²) in [5.41, 5.74) is 1.04. The van der Waals surface area contributed by atoms with Crippen LogP contribution in [0.5, 0.6) is 23.0 Å². The fourth-order valence-corrected chi connectivity index (χ4v) is 2.36. The molecule has 0 spiro atoms. The van der Waals surface area contributed by atoms with Crippen LogP contribution in [-0.2, 0) is 25.5 Å². The summed E-state index contributed by atoms with van der Waals surface area (Å²) in [6.07, 6.45) is 1.27. The molecule has 0 fully saturated rings. The minimum absolute atomic E-state index is 0.0369. The lowest BCUT2D eigenvalue weighted by Gasteiger charge is -2.15. The Morgan fingerprint density at radius 3 is 2.36 bits per heavy atom. The van der Waals surface area contributed by atoms with Crippen LogP contribution in [0.2, 0.25) is 0 Å². The second-order valence-electron chi connectivity index (χ2n) is 5.74. The molecule has 0 radical (unpaired) electrons. The van der Waals surface area contributed by atoms with Gasteiger partial charge in [0.1, 0.15) is 0 Å². The van der Waals surface area contributed by atoms with E-state index in [1.165, 1.54) is 43.5 Å². The minimum Gasteiger partial charge on any atom is -0.504 e. The van der Waals surface area contributed by atoms with Gasteiger partial charge in [0, 0.05) is 12.5 Å². The van der Waals surface area contributed by atoms with Crippen molar-refractivity contribution in [1.29, 1.82) is 0 Å². The van der Waals surface area contributed by atoms with Crippen LogP contribution in [0, 0.1) is 0 Å². The summed E-state index contributed by atoms with van der Waals surface area (Å²) < 4.78 is 14.8. The maximum absolute atomic E-state index is 12.1. The first-order valence-corrected chi connectivity index (χ1v) is 8.18. The highest BCUT2D eigenvalue weighted by Gasteiger charge is 2.24. The highest BCUT2D eigenvalue weighted by Crippen LogP contribution is 2.27. The fourth-order valence-electron chi connectivity index (χ4n) is 2.36. The van der Waals surface area contributed by atoms with E-state index in [4.69, 9.17) is 9.47 Å². The van der Waals surface area contributed by atoms with E-state index < -0.39 is 18.0 Å². The van der Waals surface area contributed by atoms with Crippen LogP contribution in [0.25, 0.3) is 6.08 Å². The lowest BCUT2D eigenvalue weighted by atomic mass is 10.1. The zero-order valence-electron chi connectivity index (χ0n) is 15.3. The van der Waals surface area contributed by atoms with E-state index in [1.807, 2.05) is 0 Å². The molecular formula is C20H20O8. The van der Waals surface area contributed by atoms with E-state index in [0.29, 0.717) is 11.1 Å². The molecule has 3 N–H and O–H groups in total. The quantitative estimate of drug-likeness (QED) is 0.375. The summed E-state index contributed by atoms with van der Waals surface area (Å²) in [5, 5.41) is 28.5. The summed E-state index contributed by atoms with van der Waals surface area (Å²) in [6.45, 7) is 0. The van der Waals surface area contributed by atoms with Crippen LogP contribution >= 0.6 is 0 Å². The number of phenols is 3. The first kappa shape index (κ1) is 20.6. The first-order valence-electron chi connectivity index (χ1n) is 8.18. The van der Waals surface area contributed by atoms with Gasteiger partial charge in [-0.1, -0.05) is 12.1 Å². The van der Waals surface area contributed by atoms with Gasteiger partial charge in [-0.15, -0.1) is 0 Å². The number of rotatable bonds is 7. The van der Waals surface area contributed by atoms with Crippen LogP contribution in [0.1, 0.15) is 11.1 Å². The number of aromatic hydroxyl groups is 3. The molecule has 0 unspecified atom stereocenters. The maximum Gasteiger partial charge on any atom is 0.347 e. The van der Waals surface area contributed by atoms with Gasteiger partial charge < -0.3 is 29.5 Å². The van der Waals surface area contributed by atoms with Crippen molar-refractivity contribution in [3.63, 3.8) is 0 Å². The third-order valence-corrected chi connectivity index (χ3v) is 3.80. The average Bonchev–Trinajstić information content (AvgIpc) is 2.69. The molecule has 0 saturated carbocycles. The summed E-state index contributed by atoms with van der Waals surface area (Å²) in [4.78, 5) is 24.0. The predicted molar refractivity (Wildman–Crippen MR) is 99.1 cm³/mol. The summed E-state index contributed by atoms with van der Waals surface area (Å²) >= 11 is 0. The number of hydrogen-bond acceptors (Lipinski definition) is 8. The number of methoxy groups -OCH3 is 2. The topological polar surface area (TPSA) is 123 Å². The highest BCUT2D eigenvalue weighted by molar-refractivity contribution is 5.89. The molecule has 0 amide bonds. The molecule has 2 rings (SSSR count). The van der Waals surface area contributed by atoms with Crippen molar-refractivity contribution in [2.45, 2.75) is 12.5 Å². The SMILES string of the molecule is COC(=O)[C@H](Cc1ccc(O)c(O)c1)OC(=O)/C=C/c1ccc(O)c(OC)c1. The van der Waals surface area contributed by atoms with Gasteiger partial charge in [0.15, 0.2) is 23.0 Å². The lowest BCUT2D eigenvalue weighted by molar-refractivity contribution is -0.162. The van der Waals surface area contributed by atoms with Gasteiger partial charge >= 0.3 is 11.9 Å². The smallest absolute Gasteiger partial charge is 0.347 e. The third kappa shape index (κ3) is 5.41. The van der Waals surface area contributed by atoms with Crippen molar-refractivity contribution >= 4 is 18.0 Å². The molecular weight excluding hydrogens is 368 g/mol. The summed E-state index contributed by atoms with van der Waals surface area (Å²) in [5.74, 6) is -2.00. The van der Waals surface area contributed by atoms with Gasteiger partial charge in [-0.25, -0.2) is 9.59 Å². The molecule has 1 atom stereocenters. The van der Waals surface area contributed by atoms with Crippen LogP contribution in [-0.4, -0.2) is 47.6 Å². The monoisotopic (exact) mass is 388 g/mol.